The molecule has 1 fully saturated rings. The van der Waals surface area contributed by atoms with E-state index in [1.807, 2.05) is 34.6 Å². The number of amides is 1. The van der Waals surface area contributed by atoms with Gasteiger partial charge in [-0.3, -0.25) is 0 Å². The molecule has 0 radical (unpaired) electrons. The van der Waals surface area contributed by atoms with Crippen LogP contribution < -0.4 is 0 Å². The lowest BCUT2D eigenvalue weighted by atomic mass is 10.0. The second-order valence-corrected chi connectivity index (χ2v) is 5.20. The molecule has 1 aliphatic heterocycles. The lowest BCUT2D eigenvalue weighted by Crippen LogP contribution is -2.50. The largest absolute Gasteiger partial charge is 0.444 e. The minimum atomic E-state index is -0.365. The molecule has 1 heterocycles. The van der Waals surface area contributed by atoms with E-state index >= 15 is 0 Å². The maximum absolute atomic E-state index is 11.3. The van der Waals surface area contributed by atoms with E-state index in [0.29, 0.717) is 5.92 Å². The van der Waals surface area contributed by atoms with E-state index in [1.54, 1.807) is 4.90 Å². The van der Waals surface area contributed by atoms with Crippen molar-refractivity contribution < 1.29 is 9.53 Å². The highest BCUT2D eigenvalue weighted by molar-refractivity contribution is 5.69. The molecule has 0 unspecified atom stereocenters. The van der Waals surface area contributed by atoms with Gasteiger partial charge in [0.05, 0.1) is 0 Å². The zero-order valence-corrected chi connectivity index (χ0v) is 13.0. The van der Waals surface area contributed by atoms with Gasteiger partial charge >= 0.3 is 6.09 Å². The zero-order valence-electron chi connectivity index (χ0n) is 13.0. The third kappa shape index (κ3) is 10.2. The Kier molecular flexibility index (Phi) is 10.2. The van der Waals surface area contributed by atoms with Gasteiger partial charge in [0.15, 0.2) is 0 Å². The highest BCUT2D eigenvalue weighted by atomic mass is 16.6. The van der Waals surface area contributed by atoms with Crippen molar-refractivity contribution in [3.63, 3.8) is 0 Å². The fourth-order valence-electron chi connectivity index (χ4n) is 1.17. The summed E-state index contributed by atoms with van der Waals surface area (Å²) in [4.78, 5) is 13.0. The highest BCUT2D eigenvalue weighted by Crippen LogP contribution is 2.18. The van der Waals surface area contributed by atoms with Crippen LogP contribution in [0, 0.1) is 5.92 Å². The van der Waals surface area contributed by atoms with Gasteiger partial charge in [0.2, 0.25) is 0 Å². The van der Waals surface area contributed by atoms with Gasteiger partial charge in [-0.05, 0) is 26.7 Å². The van der Waals surface area contributed by atoms with E-state index in [4.69, 9.17) is 4.74 Å². The van der Waals surface area contributed by atoms with Gasteiger partial charge in [-0.2, -0.15) is 0 Å². The smallest absolute Gasteiger partial charge is 0.410 e. The first-order valence-corrected chi connectivity index (χ1v) is 6.78. The van der Waals surface area contributed by atoms with Crippen molar-refractivity contribution in [2.45, 2.75) is 67.4 Å². The maximum atomic E-state index is 11.3. The molecule has 0 saturated carbocycles. The Morgan fingerprint density at radius 2 is 1.59 bits per heavy atom. The van der Waals surface area contributed by atoms with E-state index in [9.17, 15) is 4.79 Å². The average Bonchev–Trinajstić information content (AvgIpc) is 2.14. The number of carbonyl (C=O) groups is 1. The third-order valence-electron chi connectivity index (χ3n) is 1.72. The van der Waals surface area contributed by atoms with Gasteiger partial charge in [0, 0.05) is 13.1 Å². The van der Waals surface area contributed by atoms with Crippen molar-refractivity contribution in [3.8, 4) is 0 Å². The number of likely N-dealkylation sites (tertiary alicyclic amines) is 1. The molecular formula is C14H31NO2. The molecule has 0 spiro atoms. The summed E-state index contributed by atoms with van der Waals surface area (Å²) in [6, 6.07) is 0. The van der Waals surface area contributed by atoms with Gasteiger partial charge < -0.3 is 9.64 Å². The van der Waals surface area contributed by atoms with E-state index in [0.717, 1.165) is 13.1 Å². The lowest BCUT2D eigenvalue weighted by molar-refractivity contribution is 0.00153. The molecule has 1 saturated heterocycles. The molecule has 104 valence electrons. The molecule has 0 aliphatic carbocycles. The molecule has 17 heavy (non-hydrogen) atoms. The molecule has 1 aliphatic rings. The first-order chi connectivity index (χ1) is 7.80. The normalized spacial score (nSPS) is 14.7. The quantitative estimate of drug-likeness (QED) is 0.636. The number of rotatable bonds is 0. The molecule has 3 nitrogen and oxygen atoms in total. The molecule has 1 rings (SSSR count). The number of carbonyl (C=O) groups excluding carboxylic acids is 1. The Morgan fingerprint density at radius 3 is 1.82 bits per heavy atom. The van der Waals surface area contributed by atoms with Crippen molar-refractivity contribution in [2.24, 2.45) is 5.92 Å². The third-order valence-corrected chi connectivity index (χ3v) is 1.72. The number of hydrogen-bond acceptors (Lipinski definition) is 2. The predicted molar refractivity (Wildman–Crippen MR) is 74.3 cm³/mol. The monoisotopic (exact) mass is 245 g/mol. The summed E-state index contributed by atoms with van der Waals surface area (Å²) < 4.78 is 5.18. The Balaban J connectivity index is 0. The summed E-state index contributed by atoms with van der Waals surface area (Å²) in [5.41, 5.74) is -0.365. The van der Waals surface area contributed by atoms with Crippen molar-refractivity contribution >= 4 is 6.09 Å². The van der Waals surface area contributed by atoms with Crippen molar-refractivity contribution in [1.29, 1.82) is 0 Å². The van der Waals surface area contributed by atoms with Gasteiger partial charge in [0.25, 0.3) is 0 Å². The molecule has 0 aromatic carbocycles. The lowest BCUT2D eigenvalue weighted by Gasteiger charge is -2.37. The standard InChI is InChI=1S/C9H17NO2.C3H8.C2H6/c1-7-5-10(6-7)8(11)12-9(2,3)4;1-3-2;1-2/h7H,5-6H2,1-4H3;3H2,1-2H3;1-2H3. The molecular weight excluding hydrogens is 214 g/mol. The predicted octanol–water partition coefficient (Wildman–Crippen LogP) is 4.32. The van der Waals surface area contributed by atoms with Crippen LogP contribution >= 0.6 is 0 Å². The Hall–Kier alpha value is -0.730. The molecule has 0 N–H and O–H groups in total. The molecule has 0 aromatic rings. The first-order valence-electron chi connectivity index (χ1n) is 6.78. The van der Waals surface area contributed by atoms with Crippen molar-refractivity contribution in [2.75, 3.05) is 13.1 Å². The van der Waals surface area contributed by atoms with Crippen LogP contribution in [0.4, 0.5) is 4.79 Å². The highest BCUT2D eigenvalue weighted by Gasteiger charge is 2.30. The van der Waals surface area contributed by atoms with Crippen LogP contribution in [0.5, 0.6) is 0 Å². The van der Waals surface area contributed by atoms with E-state index < -0.39 is 0 Å². The molecule has 3 heteroatoms. The molecule has 0 bridgehead atoms. The van der Waals surface area contributed by atoms with Crippen molar-refractivity contribution in [3.05, 3.63) is 0 Å². The minimum absolute atomic E-state index is 0.180. The summed E-state index contributed by atoms with van der Waals surface area (Å²) in [6.45, 7) is 17.7. The summed E-state index contributed by atoms with van der Waals surface area (Å²) in [5.74, 6) is 0.637. The number of ether oxygens (including phenoxy) is 1. The fourth-order valence-corrected chi connectivity index (χ4v) is 1.17. The van der Waals surface area contributed by atoms with E-state index in [-0.39, 0.29) is 11.7 Å². The average molecular weight is 245 g/mol. The van der Waals surface area contributed by atoms with Crippen molar-refractivity contribution in [1.82, 2.24) is 4.90 Å². The van der Waals surface area contributed by atoms with Gasteiger partial charge in [0.1, 0.15) is 5.60 Å². The summed E-state index contributed by atoms with van der Waals surface area (Å²) in [7, 11) is 0. The van der Waals surface area contributed by atoms with Crippen LogP contribution in [0.1, 0.15) is 61.8 Å². The SMILES string of the molecule is CC.CC1CN(C(=O)OC(C)(C)C)C1.CCC. The number of hydrogen-bond donors (Lipinski definition) is 0. The Bertz CT molecular complexity index is 191. The first kappa shape index (κ1) is 18.6. The van der Waals surface area contributed by atoms with Crippen LogP contribution in [-0.2, 0) is 4.74 Å². The van der Waals surface area contributed by atoms with Gasteiger partial charge in [-0.1, -0.05) is 41.0 Å². The van der Waals surface area contributed by atoms with Crippen LogP contribution in [-0.4, -0.2) is 29.7 Å². The summed E-state index contributed by atoms with van der Waals surface area (Å²) >= 11 is 0. The second-order valence-electron chi connectivity index (χ2n) is 5.20. The van der Waals surface area contributed by atoms with Crippen LogP contribution in [0.3, 0.4) is 0 Å². The maximum Gasteiger partial charge on any atom is 0.410 e. The van der Waals surface area contributed by atoms with E-state index in [1.165, 1.54) is 6.42 Å². The number of nitrogens with zero attached hydrogens (tertiary/aromatic N) is 1. The summed E-state index contributed by atoms with van der Waals surface area (Å²) in [5, 5.41) is 0. The minimum Gasteiger partial charge on any atom is -0.444 e. The second kappa shape index (κ2) is 9.32. The van der Waals surface area contributed by atoms with Gasteiger partial charge in [-0.15, -0.1) is 0 Å². The van der Waals surface area contributed by atoms with Crippen LogP contribution in [0.25, 0.3) is 0 Å². The topological polar surface area (TPSA) is 29.5 Å². The van der Waals surface area contributed by atoms with Gasteiger partial charge in [-0.25, -0.2) is 4.79 Å². The molecule has 0 aromatic heterocycles. The molecule has 1 amide bonds. The van der Waals surface area contributed by atoms with E-state index in [2.05, 4.69) is 20.8 Å². The molecule has 0 atom stereocenters. The van der Waals surface area contributed by atoms with Crippen LogP contribution in [0.15, 0.2) is 0 Å². The fraction of sp³-hybridized carbons (Fsp3) is 0.929. The Labute approximate surface area is 108 Å². The summed E-state index contributed by atoms with van der Waals surface area (Å²) in [6.07, 6.45) is 1.07. The zero-order chi connectivity index (χ0) is 14.1. The Morgan fingerprint density at radius 1 is 1.24 bits per heavy atom. The van der Waals surface area contributed by atoms with Crippen LogP contribution in [0.2, 0.25) is 0 Å².